The number of anilines is 3. The minimum absolute atomic E-state index is 0.207. The number of carbonyl (C=O) groups is 2. The lowest BCUT2D eigenvalue weighted by molar-refractivity contribution is -0.114. The fourth-order valence-electron chi connectivity index (χ4n) is 4.31. The van der Waals surface area contributed by atoms with E-state index in [1.165, 1.54) is 18.1 Å². The van der Waals surface area contributed by atoms with Gasteiger partial charge in [-0.1, -0.05) is 19.9 Å². The van der Waals surface area contributed by atoms with Gasteiger partial charge in [-0.2, -0.15) is 5.10 Å². The molecule has 39 heavy (non-hydrogen) atoms. The largest absolute Gasteiger partial charge is 0.457 e. The molecule has 1 aliphatic rings. The molecule has 3 amide bonds. The maximum atomic E-state index is 12.9. The Morgan fingerprint density at radius 2 is 1.77 bits per heavy atom. The van der Waals surface area contributed by atoms with Crippen LogP contribution in [-0.2, 0) is 17.8 Å². The normalized spacial score (nSPS) is 12.5. The van der Waals surface area contributed by atoms with Gasteiger partial charge in [-0.25, -0.2) is 14.5 Å². The lowest BCUT2D eigenvalue weighted by atomic mass is 10.0. The van der Waals surface area contributed by atoms with Crippen LogP contribution in [-0.4, -0.2) is 33.2 Å². The van der Waals surface area contributed by atoms with Gasteiger partial charge in [-0.3, -0.25) is 10.1 Å². The van der Waals surface area contributed by atoms with Crippen molar-refractivity contribution in [2.75, 3.05) is 22.5 Å². The number of rotatable bonds is 7. The van der Waals surface area contributed by atoms with Gasteiger partial charge in [0.25, 0.3) is 0 Å². The van der Waals surface area contributed by atoms with Crippen LogP contribution >= 0.6 is 0 Å². The van der Waals surface area contributed by atoms with Crippen LogP contribution in [0.15, 0.2) is 66.9 Å². The molecule has 4 aromatic rings. The second-order valence-electron chi connectivity index (χ2n) is 9.66. The number of nitrogens with zero attached hydrogens (tertiary/aromatic N) is 3. The van der Waals surface area contributed by atoms with Gasteiger partial charge in [-0.15, -0.1) is 0 Å². The van der Waals surface area contributed by atoms with E-state index >= 15 is 0 Å². The Labute approximate surface area is 226 Å². The number of aromatic nitrogens is 3. The summed E-state index contributed by atoms with van der Waals surface area (Å²) in [4.78, 5) is 28.3. The Kier molecular flexibility index (Phi) is 7.55. The van der Waals surface area contributed by atoms with Crippen molar-refractivity contribution in [3.8, 4) is 17.2 Å². The van der Waals surface area contributed by atoms with E-state index < -0.39 is 0 Å². The predicted molar refractivity (Wildman–Crippen MR) is 151 cm³/mol. The third-order valence-corrected chi connectivity index (χ3v) is 6.27. The van der Waals surface area contributed by atoms with Crippen LogP contribution < -0.4 is 26.0 Å². The fourth-order valence-corrected chi connectivity index (χ4v) is 4.31. The Bertz CT molecular complexity index is 1500. The summed E-state index contributed by atoms with van der Waals surface area (Å²) < 4.78 is 7.64. The third-order valence-electron chi connectivity index (χ3n) is 6.27. The lowest BCUT2D eigenvalue weighted by Crippen LogP contribution is -2.24. The second kappa shape index (κ2) is 11.4. The standard InChI is InChI=1S/C29H31N7O3/c1-18(2)26-16-28(36(35-26)23-7-4-21-17-30-12-10-20(21)14-23)34-29(38)33-22-5-8-24(9-6-22)39-25-11-13-31-27(15-25)32-19(3)37/h4-9,11,13-16,18,30H,10,12,17H2,1-3H3,(H,31,32,37)(H2,33,34,38). The summed E-state index contributed by atoms with van der Waals surface area (Å²) in [6.07, 6.45) is 2.51. The number of hydrogen-bond donors (Lipinski definition) is 4. The smallest absolute Gasteiger partial charge is 0.324 e. The van der Waals surface area contributed by atoms with E-state index in [-0.39, 0.29) is 17.9 Å². The molecular weight excluding hydrogens is 494 g/mol. The van der Waals surface area contributed by atoms with E-state index in [0.717, 1.165) is 30.9 Å². The summed E-state index contributed by atoms with van der Waals surface area (Å²) in [6.45, 7) is 7.38. The van der Waals surface area contributed by atoms with E-state index in [0.29, 0.717) is 28.8 Å². The van der Waals surface area contributed by atoms with E-state index in [1.54, 1.807) is 47.3 Å². The molecule has 0 atom stereocenters. The first-order valence-corrected chi connectivity index (χ1v) is 12.9. The first kappa shape index (κ1) is 25.9. The van der Waals surface area contributed by atoms with Gasteiger partial charge < -0.3 is 20.7 Å². The third kappa shape index (κ3) is 6.42. The SMILES string of the molecule is CC(=O)Nc1cc(Oc2ccc(NC(=O)Nc3cc(C(C)C)nn3-c3ccc4c(c3)CCNC4)cc2)ccn1. The second-order valence-corrected chi connectivity index (χ2v) is 9.66. The van der Waals surface area contributed by atoms with Crippen LogP contribution in [0.1, 0.15) is 43.5 Å². The Morgan fingerprint density at radius 3 is 2.54 bits per heavy atom. The molecule has 4 N–H and O–H groups in total. The van der Waals surface area contributed by atoms with E-state index in [4.69, 9.17) is 9.84 Å². The topological polar surface area (TPSA) is 122 Å². The fraction of sp³-hybridized carbons (Fsp3) is 0.241. The molecule has 0 bridgehead atoms. The average Bonchev–Trinajstić information content (AvgIpc) is 3.33. The summed E-state index contributed by atoms with van der Waals surface area (Å²) in [6, 6.07) is 18.2. The van der Waals surface area contributed by atoms with Crippen molar-refractivity contribution in [3.05, 3.63) is 83.7 Å². The monoisotopic (exact) mass is 525 g/mol. The molecule has 0 fully saturated rings. The molecule has 0 aliphatic carbocycles. The zero-order valence-corrected chi connectivity index (χ0v) is 22.1. The van der Waals surface area contributed by atoms with Gasteiger partial charge in [-0.05, 0) is 72.5 Å². The van der Waals surface area contributed by atoms with Crippen LogP contribution in [0.3, 0.4) is 0 Å². The Hall–Kier alpha value is -4.70. The minimum atomic E-state index is -0.378. The zero-order valence-electron chi connectivity index (χ0n) is 22.1. The molecule has 200 valence electrons. The van der Waals surface area contributed by atoms with Crippen molar-refractivity contribution < 1.29 is 14.3 Å². The summed E-state index contributed by atoms with van der Waals surface area (Å²) in [5.41, 5.74) is 4.99. The van der Waals surface area contributed by atoms with E-state index in [1.807, 2.05) is 12.1 Å². The zero-order chi connectivity index (χ0) is 27.4. The number of fused-ring (bicyclic) bond motifs is 1. The first-order valence-electron chi connectivity index (χ1n) is 12.9. The number of amides is 3. The van der Waals surface area contributed by atoms with Crippen molar-refractivity contribution in [2.24, 2.45) is 0 Å². The molecule has 0 spiro atoms. The van der Waals surface area contributed by atoms with Gasteiger partial charge in [0, 0.05) is 37.5 Å². The summed E-state index contributed by atoms with van der Waals surface area (Å²) in [7, 11) is 0. The van der Waals surface area contributed by atoms with Crippen molar-refractivity contribution in [3.63, 3.8) is 0 Å². The highest BCUT2D eigenvalue weighted by atomic mass is 16.5. The number of hydrogen-bond acceptors (Lipinski definition) is 6. The highest BCUT2D eigenvalue weighted by Crippen LogP contribution is 2.26. The number of urea groups is 1. The number of ether oxygens (including phenoxy) is 1. The van der Waals surface area contributed by atoms with Crippen LogP contribution in [0.4, 0.5) is 22.1 Å². The van der Waals surface area contributed by atoms with Crippen molar-refractivity contribution in [1.82, 2.24) is 20.1 Å². The number of carbonyl (C=O) groups excluding carboxylic acids is 2. The molecule has 0 radical (unpaired) electrons. The van der Waals surface area contributed by atoms with Crippen LogP contribution in [0.2, 0.25) is 0 Å². The summed E-state index contributed by atoms with van der Waals surface area (Å²) in [5, 5.41) is 16.6. The molecule has 10 nitrogen and oxygen atoms in total. The molecule has 0 saturated carbocycles. The first-order chi connectivity index (χ1) is 18.8. The maximum absolute atomic E-state index is 12.9. The highest BCUT2D eigenvalue weighted by Gasteiger charge is 2.17. The van der Waals surface area contributed by atoms with E-state index in [9.17, 15) is 9.59 Å². The van der Waals surface area contributed by atoms with Gasteiger partial charge in [0.15, 0.2) is 0 Å². The quantitative estimate of drug-likeness (QED) is 0.255. The van der Waals surface area contributed by atoms with Crippen molar-refractivity contribution in [1.29, 1.82) is 0 Å². The summed E-state index contributed by atoms with van der Waals surface area (Å²) >= 11 is 0. The lowest BCUT2D eigenvalue weighted by Gasteiger charge is -2.18. The minimum Gasteiger partial charge on any atom is -0.457 e. The van der Waals surface area contributed by atoms with Crippen LogP contribution in [0.5, 0.6) is 11.5 Å². The molecule has 1 aliphatic heterocycles. The molecule has 0 saturated heterocycles. The highest BCUT2D eigenvalue weighted by molar-refractivity contribution is 5.99. The van der Waals surface area contributed by atoms with Gasteiger partial charge in [0.2, 0.25) is 5.91 Å². The average molecular weight is 526 g/mol. The van der Waals surface area contributed by atoms with Crippen LogP contribution in [0, 0.1) is 0 Å². The molecule has 10 heteroatoms. The number of benzene rings is 2. The molecule has 3 heterocycles. The Balaban J connectivity index is 1.27. The Morgan fingerprint density at radius 1 is 0.949 bits per heavy atom. The maximum Gasteiger partial charge on any atom is 0.324 e. The van der Waals surface area contributed by atoms with Gasteiger partial charge >= 0.3 is 6.03 Å². The predicted octanol–water partition coefficient (Wildman–Crippen LogP) is 5.43. The molecule has 2 aromatic carbocycles. The molecular formula is C29H31N7O3. The van der Waals surface area contributed by atoms with Gasteiger partial charge in [0.1, 0.15) is 23.1 Å². The molecule has 2 aromatic heterocycles. The van der Waals surface area contributed by atoms with Gasteiger partial charge in [0.05, 0.1) is 11.4 Å². The number of pyridine rings is 1. The summed E-state index contributed by atoms with van der Waals surface area (Å²) in [5.74, 6) is 2.10. The van der Waals surface area contributed by atoms with E-state index in [2.05, 4.69) is 52.2 Å². The molecule has 5 rings (SSSR count). The van der Waals surface area contributed by atoms with Crippen LogP contribution in [0.25, 0.3) is 5.69 Å². The van der Waals surface area contributed by atoms with Crippen molar-refractivity contribution >= 4 is 29.3 Å². The van der Waals surface area contributed by atoms with Crippen molar-refractivity contribution in [2.45, 2.75) is 39.7 Å². The molecule has 0 unspecified atom stereocenters. The number of nitrogens with one attached hydrogen (secondary N) is 4.